The molecule has 0 atom stereocenters. The van der Waals surface area contributed by atoms with Crippen LogP contribution < -0.4 is 10.6 Å². The predicted molar refractivity (Wildman–Crippen MR) is 95.2 cm³/mol. The molecule has 0 aliphatic heterocycles. The molecule has 1 aromatic heterocycles. The van der Waals surface area contributed by atoms with Crippen molar-refractivity contribution in [3.63, 3.8) is 0 Å². The van der Waals surface area contributed by atoms with Gasteiger partial charge in [-0.3, -0.25) is 4.79 Å². The molecule has 0 aliphatic rings. The Balaban J connectivity index is 1.58. The van der Waals surface area contributed by atoms with Crippen LogP contribution in [0.1, 0.15) is 16.1 Å². The molecule has 5 nitrogen and oxygen atoms in total. The summed E-state index contributed by atoms with van der Waals surface area (Å²) in [6.07, 6.45) is 0. The summed E-state index contributed by atoms with van der Waals surface area (Å²) in [6, 6.07) is 16.2. The maximum absolute atomic E-state index is 12.9. The van der Waals surface area contributed by atoms with Gasteiger partial charge in [0.2, 0.25) is 0 Å². The number of nitrogens with zero attached hydrogens (tertiary/aromatic N) is 2. The van der Waals surface area contributed by atoms with Crippen LogP contribution in [0.2, 0.25) is 5.02 Å². The summed E-state index contributed by atoms with van der Waals surface area (Å²) in [7, 11) is 0. The van der Waals surface area contributed by atoms with E-state index in [1.54, 1.807) is 12.1 Å². The third-order valence-corrected chi connectivity index (χ3v) is 3.64. The molecule has 2 N–H and O–H groups in total. The number of hydrogen-bond acceptors (Lipinski definition) is 4. The molecule has 1 amide bonds. The quantitative estimate of drug-likeness (QED) is 0.721. The van der Waals surface area contributed by atoms with Crippen LogP contribution in [0.25, 0.3) is 0 Å². The van der Waals surface area contributed by atoms with E-state index in [-0.39, 0.29) is 11.5 Å². The van der Waals surface area contributed by atoms with Crippen molar-refractivity contribution < 1.29 is 9.18 Å². The summed E-state index contributed by atoms with van der Waals surface area (Å²) in [6.45, 7) is 0.562. The zero-order valence-corrected chi connectivity index (χ0v) is 13.8. The molecular formula is C18H14ClFN4O. The monoisotopic (exact) mass is 356 g/mol. The second kappa shape index (κ2) is 7.72. The van der Waals surface area contributed by atoms with E-state index in [1.807, 2.05) is 24.3 Å². The number of aromatic nitrogens is 2. The molecule has 7 heteroatoms. The summed E-state index contributed by atoms with van der Waals surface area (Å²) in [5.74, 6) is -0.231. The van der Waals surface area contributed by atoms with E-state index in [0.29, 0.717) is 23.1 Å². The molecule has 126 valence electrons. The zero-order chi connectivity index (χ0) is 17.6. The van der Waals surface area contributed by atoms with Crippen LogP contribution in [0.3, 0.4) is 0 Å². The van der Waals surface area contributed by atoms with E-state index in [1.165, 1.54) is 24.3 Å². The molecule has 0 spiro atoms. The maximum atomic E-state index is 12.9. The van der Waals surface area contributed by atoms with Gasteiger partial charge in [-0.15, -0.1) is 10.2 Å². The summed E-state index contributed by atoms with van der Waals surface area (Å²) in [5.41, 5.74) is 1.70. The van der Waals surface area contributed by atoms with Crippen LogP contribution in [0, 0.1) is 5.82 Å². The number of rotatable bonds is 5. The summed E-state index contributed by atoms with van der Waals surface area (Å²) in [5, 5.41) is 14.3. The van der Waals surface area contributed by atoms with Gasteiger partial charge < -0.3 is 10.6 Å². The highest BCUT2D eigenvalue weighted by Crippen LogP contribution is 2.12. The standard InChI is InChI=1S/C18H14ClFN4O/c19-13-3-1-12(2-4-13)11-21-17-10-9-16(23-24-17)18(25)22-15-7-5-14(20)6-8-15/h1-10H,11H2,(H,21,24)(H,22,25). The van der Waals surface area contributed by atoms with Gasteiger partial charge in [0.1, 0.15) is 11.6 Å². The minimum absolute atomic E-state index is 0.168. The topological polar surface area (TPSA) is 66.9 Å². The number of halogens is 2. The third-order valence-electron chi connectivity index (χ3n) is 3.39. The third kappa shape index (κ3) is 4.74. The van der Waals surface area contributed by atoms with Crippen molar-refractivity contribution in [3.05, 3.63) is 82.8 Å². The van der Waals surface area contributed by atoms with Crippen LogP contribution in [-0.2, 0) is 6.54 Å². The Morgan fingerprint density at radius 1 is 0.960 bits per heavy atom. The fourth-order valence-corrected chi connectivity index (χ4v) is 2.20. The number of amides is 1. The van der Waals surface area contributed by atoms with Crippen LogP contribution in [0.5, 0.6) is 0 Å². The average molecular weight is 357 g/mol. The van der Waals surface area contributed by atoms with Crippen LogP contribution in [0.4, 0.5) is 15.9 Å². The number of benzene rings is 2. The lowest BCUT2D eigenvalue weighted by Gasteiger charge is -2.07. The van der Waals surface area contributed by atoms with Gasteiger partial charge in [-0.05, 0) is 54.1 Å². The fraction of sp³-hybridized carbons (Fsp3) is 0.0556. The van der Waals surface area contributed by atoms with E-state index in [2.05, 4.69) is 20.8 Å². The first-order valence-electron chi connectivity index (χ1n) is 7.49. The van der Waals surface area contributed by atoms with Crippen molar-refractivity contribution >= 4 is 29.0 Å². The molecule has 3 aromatic rings. The second-order valence-electron chi connectivity index (χ2n) is 5.24. The Bertz CT molecular complexity index is 852. The first-order chi connectivity index (χ1) is 12.1. The Labute approximate surface area is 148 Å². The van der Waals surface area contributed by atoms with E-state index in [0.717, 1.165) is 5.56 Å². The largest absolute Gasteiger partial charge is 0.365 e. The summed E-state index contributed by atoms with van der Waals surface area (Å²) in [4.78, 5) is 12.1. The lowest BCUT2D eigenvalue weighted by molar-refractivity contribution is 0.102. The minimum Gasteiger partial charge on any atom is -0.365 e. The molecule has 0 aliphatic carbocycles. The first-order valence-corrected chi connectivity index (χ1v) is 7.87. The molecular weight excluding hydrogens is 343 g/mol. The molecule has 3 rings (SSSR count). The number of hydrogen-bond donors (Lipinski definition) is 2. The highest BCUT2D eigenvalue weighted by molar-refractivity contribution is 6.30. The lowest BCUT2D eigenvalue weighted by Crippen LogP contribution is -2.14. The highest BCUT2D eigenvalue weighted by atomic mass is 35.5. The van der Waals surface area contributed by atoms with Gasteiger partial charge in [-0.1, -0.05) is 23.7 Å². The van der Waals surface area contributed by atoms with Crippen molar-refractivity contribution in [1.82, 2.24) is 10.2 Å². The van der Waals surface area contributed by atoms with Gasteiger partial charge in [-0.25, -0.2) is 4.39 Å². The van der Waals surface area contributed by atoms with E-state index in [9.17, 15) is 9.18 Å². The van der Waals surface area contributed by atoms with Crippen LogP contribution >= 0.6 is 11.6 Å². The zero-order valence-electron chi connectivity index (χ0n) is 13.0. The maximum Gasteiger partial charge on any atom is 0.276 e. The number of nitrogens with one attached hydrogen (secondary N) is 2. The van der Waals surface area contributed by atoms with Gasteiger partial charge in [-0.2, -0.15) is 0 Å². The summed E-state index contributed by atoms with van der Waals surface area (Å²) < 4.78 is 12.9. The van der Waals surface area contributed by atoms with Gasteiger partial charge in [0.05, 0.1) is 0 Å². The fourth-order valence-electron chi connectivity index (χ4n) is 2.07. The number of carbonyl (C=O) groups is 1. The van der Waals surface area contributed by atoms with Crippen molar-refractivity contribution in [1.29, 1.82) is 0 Å². The van der Waals surface area contributed by atoms with Crippen molar-refractivity contribution in [3.8, 4) is 0 Å². The lowest BCUT2D eigenvalue weighted by atomic mass is 10.2. The van der Waals surface area contributed by atoms with Crippen molar-refractivity contribution in [2.75, 3.05) is 10.6 Å². The molecule has 0 saturated heterocycles. The molecule has 25 heavy (non-hydrogen) atoms. The van der Waals surface area contributed by atoms with Gasteiger partial charge >= 0.3 is 0 Å². The Morgan fingerprint density at radius 2 is 1.68 bits per heavy atom. The van der Waals surface area contributed by atoms with Crippen molar-refractivity contribution in [2.24, 2.45) is 0 Å². The van der Waals surface area contributed by atoms with Crippen LogP contribution in [-0.4, -0.2) is 16.1 Å². The number of anilines is 2. The minimum atomic E-state index is -0.414. The van der Waals surface area contributed by atoms with Crippen molar-refractivity contribution in [2.45, 2.75) is 6.54 Å². The van der Waals surface area contributed by atoms with E-state index in [4.69, 9.17) is 11.6 Å². The Kier molecular flexibility index (Phi) is 5.20. The highest BCUT2D eigenvalue weighted by Gasteiger charge is 2.09. The van der Waals surface area contributed by atoms with E-state index >= 15 is 0 Å². The van der Waals surface area contributed by atoms with Gasteiger partial charge in [0.25, 0.3) is 5.91 Å². The van der Waals surface area contributed by atoms with Gasteiger partial charge in [0, 0.05) is 17.3 Å². The first kappa shape index (κ1) is 16.9. The summed E-state index contributed by atoms with van der Waals surface area (Å²) >= 11 is 5.84. The Hall–Kier alpha value is -2.99. The molecule has 0 fully saturated rings. The molecule has 0 saturated carbocycles. The second-order valence-corrected chi connectivity index (χ2v) is 5.68. The molecule has 0 radical (unpaired) electrons. The molecule has 2 aromatic carbocycles. The Morgan fingerprint density at radius 3 is 2.32 bits per heavy atom. The predicted octanol–water partition coefficient (Wildman–Crippen LogP) is 4.13. The van der Waals surface area contributed by atoms with E-state index < -0.39 is 5.91 Å². The normalized spacial score (nSPS) is 10.3. The van der Waals surface area contributed by atoms with Crippen LogP contribution in [0.15, 0.2) is 60.7 Å². The smallest absolute Gasteiger partial charge is 0.276 e. The van der Waals surface area contributed by atoms with Gasteiger partial charge in [0.15, 0.2) is 5.69 Å². The SMILES string of the molecule is O=C(Nc1ccc(F)cc1)c1ccc(NCc2ccc(Cl)cc2)nn1. The number of carbonyl (C=O) groups excluding carboxylic acids is 1. The molecule has 0 unspecified atom stereocenters. The molecule has 0 bridgehead atoms. The molecule has 1 heterocycles. The average Bonchev–Trinajstić information content (AvgIpc) is 2.63.